The molecule has 0 radical (unpaired) electrons. The second kappa shape index (κ2) is 6.40. The quantitative estimate of drug-likeness (QED) is 0.865. The maximum atomic E-state index is 13.3. The number of fused-ring (bicyclic) bond motifs is 1. The maximum Gasteiger partial charge on any atom is 0.123 e. The fourth-order valence-electron chi connectivity index (χ4n) is 3.28. The zero-order valence-corrected chi connectivity index (χ0v) is 12.5. The van der Waals surface area contributed by atoms with Crippen molar-refractivity contribution >= 4 is 0 Å². The third-order valence-electron chi connectivity index (χ3n) is 4.51. The van der Waals surface area contributed by atoms with Crippen LogP contribution in [0.4, 0.5) is 4.39 Å². The van der Waals surface area contributed by atoms with Gasteiger partial charge in [-0.15, -0.1) is 0 Å². The van der Waals surface area contributed by atoms with Crippen molar-refractivity contribution in [3.8, 4) is 0 Å². The molecule has 1 unspecified atom stereocenters. The Hall–Kier alpha value is -1.67. The second-order valence-corrected chi connectivity index (χ2v) is 5.97. The van der Waals surface area contributed by atoms with Crippen LogP contribution in [-0.4, -0.2) is 6.54 Å². The highest BCUT2D eigenvalue weighted by molar-refractivity contribution is 5.33. The van der Waals surface area contributed by atoms with E-state index in [4.69, 9.17) is 0 Å². The molecule has 1 aliphatic carbocycles. The minimum absolute atomic E-state index is 0.163. The summed E-state index contributed by atoms with van der Waals surface area (Å²) in [4.78, 5) is 0. The van der Waals surface area contributed by atoms with Gasteiger partial charge < -0.3 is 5.32 Å². The molecule has 110 valence electrons. The summed E-state index contributed by atoms with van der Waals surface area (Å²) in [7, 11) is 0. The summed E-state index contributed by atoms with van der Waals surface area (Å²) in [5.41, 5.74) is 4.00. The molecule has 0 saturated carbocycles. The van der Waals surface area contributed by atoms with Crippen molar-refractivity contribution in [2.75, 3.05) is 6.54 Å². The first-order valence-electron chi connectivity index (χ1n) is 7.80. The van der Waals surface area contributed by atoms with Gasteiger partial charge in [0, 0.05) is 12.6 Å². The Morgan fingerprint density at radius 3 is 2.90 bits per heavy atom. The molecule has 21 heavy (non-hydrogen) atoms. The highest BCUT2D eigenvalue weighted by Gasteiger charge is 2.20. The van der Waals surface area contributed by atoms with Crippen molar-refractivity contribution in [1.82, 2.24) is 5.32 Å². The lowest BCUT2D eigenvalue weighted by atomic mass is 9.82. The molecule has 0 saturated heterocycles. The first kappa shape index (κ1) is 14.3. The Bertz CT molecular complexity index is 608. The van der Waals surface area contributed by atoms with E-state index in [1.54, 1.807) is 12.1 Å². The normalized spacial score (nSPS) is 19.0. The molecule has 1 nitrogen and oxygen atoms in total. The van der Waals surface area contributed by atoms with Gasteiger partial charge >= 0.3 is 0 Å². The topological polar surface area (TPSA) is 12.0 Å². The molecule has 0 aromatic heterocycles. The Kier molecular flexibility index (Phi) is 4.35. The number of aryl methyl sites for hydroxylation is 1. The highest BCUT2D eigenvalue weighted by atomic mass is 19.1. The zero-order valence-electron chi connectivity index (χ0n) is 12.5. The monoisotopic (exact) mass is 283 g/mol. The van der Waals surface area contributed by atoms with Crippen molar-refractivity contribution in [3.63, 3.8) is 0 Å². The SMILES string of the molecule is C[C@@H](NCC1CCCc2ccccc21)c1cccc(F)c1. The Morgan fingerprint density at radius 1 is 1.19 bits per heavy atom. The summed E-state index contributed by atoms with van der Waals surface area (Å²) in [5.74, 6) is 0.412. The molecule has 0 heterocycles. The molecule has 0 amide bonds. The highest BCUT2D eigenvalue weighted by Crippen LogP contribution is 2.31. The molecule has 1 aliphatic rings. The van der Waals surface area contributed by atoms with Crippen molar-refractivity contribution in [2.24, 2.45) is 0 Å². The van der Waals surface area contributed by atoms with Gasteiger partial charge in [0.2, 0.25) is 0 Å². The van der Waals surface area contributed by atoms with Crippen LogP contribution in [-0.2, 0) is 6.42 Å². The van der Waals surface area contributed by atoms with Crippen LogP contribution >= 0.6 is 0 Å². The van der Waals surface area contributed by atoms with Crippen LogP contribution in [0, 0.1) is 5.82 Å². The van der Waals surface area contributed by atoms with Gasteiger partial charge in [0.15, 0.2) is 0 Å². The lowest BCUT2D eigenvalue weighted by Crippen LogP contribution is -2.26. The predicted octanol–water partition coefficient (Wildman–Crippen LogP) is 4.60. The molecule has 2 atom stereocenters. The molecule has 2 aromatic carbocycles. The molecule has 0 spiro atoms. The first-order chi connectivity index (χ1) is 10.2. The lowest BCUT2D eigenvalue weighted by molar-refractivity contribution is 0.472. The summed E-state index contributed by atoms with van der Waals surface area (Å²) < 4.78 is 13.3. The van der Waals surface area contributed by atoms with Crippen LogP contribution < -0.4 is 5.32 Å². The van der Waals surface area contributed by atoms with E-state index in [9.17, 15) is 4.39 Å². The number of hydrogen-bond acceptors (Lipinski definition) is 1. The Morgan fingerprint density at radius 2 is 2.05 bits per heavy atom. The van der Waals surface area contributed by atoms with E-state index < -0.39 is 0 Å². The standard InChI is InChI=1S/C19H22FN/c1-14(16-8-5-10-18(20)12-16)21-13-17-9-4-7-15-6-2-3-11-19(15)17/h2-3,5-6,8,10-12,14,17,21H,4,7,9,13H2,1H3/t14-,17?/m1/s1. The Balaban J connectivity index is 1.66. The van der Waals surface area contributed by atoms with Crippen LogP contribution in [0.1, 0.15) is 48.4 Å². The minimum atomic E-state index is -0.163. The number of halogens is 1. The number of hydrogen-bond donors (Lipinski definition) is 1. The van der Waals surface area contributed by atoms with Crippen LogP contribution in [0.25, 0.3) is 0 Å². The van der Waals surface area contributed by atoms with E-state index in [0.29, 0.717) is 5.92 Å². The Labute approximate surface area is 126 Å². The number of nitrogens with one attached hydrogen (secondary N) is 1. The van der Waals surface area contributed by atoms with Crippen molar-refractivity contribution < 1.29 is 4.39 Å². The molecule has 0 fully saturated rings. The third kappa shape index (κ3) is 3.33. The van der Waals surface area contributed by atoms with Gasteiger partial charge in [-0.05, 0) is 60.9 Å². The van der Waals surface area contributed by atoms with E-state index in [1.807, 2.05) is 6.07 Å². The smallest absolute Gasteiger partial charge is 0.123 e. The van der Waals surface area contributed by atoms with Gasteiger partial charge in [0.25, 0.3) is 0 Å². The number of rotatable bonds is 4. The van der Waals surface area contributed by atoms with Crippen molar-refractivity contribution in [2.45, 2.75) is 38.1 Å². The molecular weight excluding hydrogens is 261 g/mol. The molecule has 0 aliphatic heterocycles. The molecule has 3 rings (SSSR count). The molecule has 2 heteroatoms. The van der Waals surface area contributed by atoms with Gasteiger partial charge in [0.1, 0.15) is 5.82 Å². The van der Waals surface area contributed by atoms with Crippen LogP contribution in [0.3, 0.4) is 0 Å². The van der Waals surface area contributed by atoms with Gasteiger partial charge in [-0.25, -0.2) is 4.39 Å². The van der Waals surface area contributed by atoms with Crippen molar-refractivity contribution in [3.05, 3.63) is 71.0 Å². The predicted molar refractivity (Wildman–Crippen MR) is 84.9 cm³/mol. The summed E-state index contributed by atoms with van der Waals surface area (Å²) >= 11 is 0. The molecule has 0 bridgehead atoms. The van der Waals surface area contributed by atoms with E-state index in [0.717, 1.165) is 12.1 Å². The molecule has 2 aromatic rings. The zero-order chi connectivity index (χ0) is 14.7. The summed E-state index contributed by atoms with van der Waals surface area (Å²) in [6.07, 6.45) is 3.70. The maximum absolute atomic E-state index is 13.3. The molecule has 1 N–H and O–H groups in total. The first-order valence-corrected chi connectivity index (χ1v) is 7.80. The summed E-state index contributed by atoms with van der Waals surface area (Å²) in [6.45, 7) is 3.05. The minimum Gasteiger partial charge on any atom is -0.310 e. The lowest BCUT2D eigenvalue weighted by Gasteiger charge is -2.27. The van der Waals surface area contributed by atoms with Crippen LogP contribution in [0.2, 0.25) is 0 Å². The third-order valence-corrected chi connectivity index (χ3v) is 4.51. The van der Waals surface area contributed by atoms with Crippen molar-refractivity contribution in [1.29, 1.82) is 0 Å². The van der Waals surface area contributed by atoms with E-state index in [1.165, 1.54) is 36.5 Å². The molecular formula is C19H22FN. The number of benzene rings is 2. The van der Waals surface area contributed by atoms with E-state index in [2.05, 4.69) is 36.5 Å². The van der Waals surface area contributed by atoms with Gasteiger partial charge in [-0.3, -0.25) is 0 Å². The largest absolute Gasteiger partial charge is 0.310 e. The van der Waals surface area contributed by atoms with Crippen LogP contribution in [0.5, 0.6) is 0 Å². The van der Waals surface area contributed by atoms with Crippen LogP contribution in [0.15, 0.2) is 48.5 Å². The van der Waals surface area contributed by atoms with E-state index >= 15 is 0 Å². The van der Waals surface area contributed by atoms with E-state index in [-0.39, 0.29) is 11.9 Å². The average Bonchev–Trinajstić information content (AvgIpc) is 2.52. The average molecular weight is 283 g/mol. The summed E-state index contributed by atoms with van der Waals surface area (Å²) in [6, 6.07) is 15.8. The fourth-order valence-corrected chi connectivity index (χ4v) is 3.28. The van der Waals surface area contributed by atoms with Gasteiger partial charge in [0.05, 0.1) is 0 Å². The van der Waals surface area contributed by atoms with Gasteiger partial charge in [-0.1, -0.05) is 36.4 Å². The second-order valence-electron chi connectivity index (χ2n) is 5.97. The summed E-state index contributed by atoms with van der Waals surface area (Å²) in [5, 5.41) is 3.57. The van der Waals surface area contributed by atoms with Gasteiger partial charge in [-0.2, -0.15) is 0 Å². The fraction of sp³-hybridized carbons (Fsp3) is 0.368.